The molecule has 3 atom stereocenters. The molecule has 0 aliphatic heterocycles. The fraction of sp³-hybridized carbons (Fsp3) is 1.00. The highest BCUT2D eigenvalue weighted by Gasteiger charge is 2.26. The van der Waals surface area contributed by atoms with Crippen molar-refractivity contribution >= 4 is 0 Å². The zero-order valence-electron chi connectivity index (χ0n) is 7.68. The molecule has 0 spiro atoms. The second-order valence-corrected chi connectivity index (χ2v) is 3.87. The van der Waals surface area contributed by atoms with Crippen LogP contribution in [-0.4, -0.2) is 0 Å². The van der Waals surface area contributed by atoms with Gasteiger partial charge in [0, 0.05) is 1.37 Å². The third kappa shape index (κ3) is 1.21. The van der Waals surface area contributed by atoms with Gasteiger partial charge in [-0.05, 0) is 11.8 Å². The Kier molecular flexibility index (Phi) is 1.65. The summed E-state index contributed by atoms with van der Waals surface area (Å²) < 4.78 is 7.90. The summed E-state index contributed by atoms with van der Waals surface area (Å²) in [6, 6.07) is 0. The van der Waals surface area contributed by atoms with Gasteiger partial charge < -0.3 is 0 Å². The van der Waals surface area contributed by atoms with Crippen LogP contribution in [-0.2, 0) is 0 Å². The van der Waals surface area contributed by atoms with Crippen LogP contribution in [0.5, 0.6) is 0 Å². The standard InChI is InChI=1S/C10H18/c1-2-6-10-8-4-3-7-9(10)5-1/h9-10H,1-8H2/t9-,10+/i5D/t5?,9-,10+/m0/s1. The topological polar surface area (TPSA) is 0 Å². The normalized spacial score (nSPS) is 49.6. The van der Waals surface area contributed by atoms with E-state index in [1.165, 1.54) is 44.9 Å². The van der Waals surface area contributed by atoms with Crippen molar-refractivity contribution in [2.75, 3.05) is 0 Å². The molecule has 0 aromatic heterocycles. The summed E-state index contributed by atoms with van der Waals surface area (Å²) in [4.78, 5) is 0. The molecule has 0 heterocycles. The van der Waals surface area contributed by atoms with Gasteiger partial charge in [0.2, 0.25) is 0 Å². The maximum atomic E-state index is 7.90. The summed E-state index contributed by atoms with van der Waals surface area (Å²) in [6.07, 6.45) is 9.87. The molecule has 58 valence electrons. The minimum Gasteiger partial charge on any atom is -0.0530 e. The van der Waals surface area contributed by atoms with Crippen molar-refractivity contribution in [1.82, 2.24) is 0 Å². The van der Waals surface area contributed by atoms with Gasteiger partial charge in [-0.3, -0.25) is 0 Å². The third-order valence-corrected chi connectivity index (χ3v) is 3.22. The molecule has 10 heavy (non-hydrogen) atoms. The minimum atomic E-state index is 0.300. The van der Waals surface area contributed by atoms with Crippen molar-refractivity contribution in [2.45, 2.75) is 51.3 Å². The molecule has 0 bridgehead atoms. The summed E-state index contributed by atoms with van der Waals surface area (Å²) in [7, 11) is 0. The van der Waals surface area contributed by atoms with Gasteiger partial charge >= 0.3 is 0 Å². The predicted molar refractivity (Wildman–Crippen MR) is 43.9 cm³/mol. The maximum absolute atomic E-state index is 7.90. The quantitative estimate of drug-likeness (QED) is 0.482. The lowest BCUT2D eigenvalue weighted by Gasteiger charge is -2.35. The highest BCUT2D eigenvalue weighted by Crippen LogP contribution is 2.39. The molecule has 0 aromatic rings. The SMILES string of the molecule is [2H]C1CCC[C@@H]2CCCC[C@H]12. The van der Waals surface area contributed by atoms with Gasteiger partial charge in [-0.2, -0.15) is 0 Å². The first-order chi connectivity index (χ1) is 5.38. The highest BCUT2D eigenvalue weighted by atomic mass is 14.3. The Hall–Kier alpha value is 0. The van der Waals surface area contributed by atoms with Crippen molar-refractivity contribution < 1.29 is 1.37 Å². The van der Waals surface area contributed by atoms with Crippen LogP contribution in [0.2, 0.25) is 0 Å². The number of rotatable bonds is 0. The molecule has 0 N–H and O–H groups in total. The number of hydrogen-bond donors (Lipinski definition) is 0. The van der Waals surface area contributed by atoms with Gasteiger partial charge in [-0.1, -0.05) is 51.3 Å². The molecule has 0 amide bonds. The number of hydrogen-bond acceptors (Lipinski definition) is 0. The van der Waals surface area contributed by atoms with Gasteiger partial charge in [0.1, 0.15) is 0 Å². The second-order valence-electron chi connectivity index (χ2n) is 3.87. The smallest absolute Gasteiger partial charge is 0.0269 e. The summed E-state index contributed by atoms with van der Waals surface area (Å²) in [5.74, 6) is 1.73. The van der Waals surface area contributed by atoms with Gasteiger partial charge in [-0.25, -0.2) is 0 Å². The van der Waals surface area contributed by atoms with Crippen molar-refractivity contribution in [3.63, 3.8) is 0 Å². The van der Waals surface area contributed by atoms with Crippen molar-refractivity contribution in [2.24, 2.45) is 11.8 Å². The van der Waals surface area contributed by atoms with E-state index in [9.17, 15) is 0 Å². The molecule has 2 fully saturated rings. The van der Waals surface area contributed by atoms with Crippen molar-refractivity contribution in [1.29, 1.82) is 0 Å². The first-order valence-corrected chi connectivity index (χ1v) is 4.80. The lowest BCUT2D eigenvalue weighted by molar-refractivity contribution is 0.171. The highest BCUT2D eigenvalue weighted by molar-refractivity contribution is 4.78. The molecule has 0 nitrogen and oxygen atoms in total. The summed E-state index contributed by atoms with van der Waals surface area (Å²) >= 11 is 0. The van der Waals surface area contributed by atoms with Crippen LogP contribution in [0.3, 0.4) is 0 Å². The van der Waals surface area contributed by atoms with E-state index in [1.54, 1.807) is 0 Å². The van der Waals surface area contributed by atoms with E-state index in [1.807, 2.05) is 0 Å². The Morgan fingerprint density at radius 2 is 1.40 bits per heavy atom. The Balaban J connectivity index is 1.99. The van der Waals surface area contributed by atoms with E-state index in [0.29, 0.717) is 6.40 Å². The second kappa shape index (κ2) is 2.94. The zero-order chi connectivity index (χ0) is 7.68. The minimum absolute atomic E-state index is 0.300. The summed E-state index contributed by atoms with van der Waals surface area (Å²) in [6.45, 7) is 0. The van der Waals surface area contributed by atoms with E-state index < -0.39 is 0 Å². The molecule has 2 aliphatic rings. The Bertz CT molecular complexity index is 131. The summed E-state index contributed by atoms with van der Waals surface area (Å²) in [5, 5.41) is 0. The lowest BCUT2D eigenvalue weighted by atomic mass is 9.71. The third-order valence-electron chi connectivity index (χ3n) is 3.22. The van der Waals surface area contributed by atoms with E-state index >= 15 is 0 Å². The Labute approximate surface area is 65.4 Å². The van der Waals surface area contributed by atoms with E-state index in [2.05, 4.69) is 0 Å². The maximum Gasteiger partial charge on any atom is 0.0269 e. The van der Waals surface area contributed by atoms with Gasteiger partial charge in [0.05, 0.1) is 0 Å². The fourth-order valence-corrected chi connectivity index (χ4v) is 2.62. The van der Waals surface area contributed by atoms with E-state index in [-0.39, 0.29) is 0 Å². The summed E-state index contributed by atoms with van der Waals surface area (Å²) in [5.41, 5.74) is 0. The number of fused-ring (bicyclic) bond motifs is 1. The van der Waals surface area contributed by atoms with E-state index in [0.717, 1.165) is 11.8 Å². The molecule has 0 heteroatoms. The lowest BCUT2D eigenvalue weighted by Crippen LogP contribution is -2.22. The predicted octanol–water partition coefficient (Wildman–Crippen LogP) is 3.37. The van der Waals surface area contributed by atoms with E-state index in [4.69, 9.17) is 1.37 Å². The van der Waals surface area contributed by atoms with Crippen LogP contribution in [0.4, 0.5) is 0 Å². The first-order valence-electron chi connectivity index (χ1n) is 5.38. The molecule has 2 saturated carbocycles. The van der Waals surface area contributed by atoms with Gasteiger partial charge in [-0.15, -0.1) is 0 Å². The van der Waals surface area contributed by atoms with Crippen LogP contribution < -0.4 is 0 Å². The molecule has 0 saturated heterocycles. The van der Waals surface area contributed by atoms with Crippen molar-refractivity contribution in [3.05, 3.63) is 0 Å². The molecule has 2 aliphatic carbocycles. The molecular weight excluding hydrogens is 120 g/mol. The molecule has 0 aromatic carbocycles. The Morgan fingerprint density at radius 3 is 2.10 bits per heavy atom. The van der Waals surface area contributed by atoms with Crippen LogP contribution in [0.25, 0.3) is 0 Å². The van der Waals surface area contributed by atoms with Gasteiger partial charge in [0.25, 0.3) is 0 Å². The molecule has 1 unspecified atom stereocenters. The average molecular weight is 139 g/mol. The molecule has 2 rings (SSSR count). The van der Waals surface area contributed by atoms with Crippen LogP contribution in [0.15, 0.2) is 0 Å². The zero-order valence-corrected chi connectivity index (χ0v) is 6.68. The van der Waals surface area contributed by atoms with Gasteiger partial charge in [0.15, 0.2) is 0 Å². The van der Waals surface area contributed by atoms with Crippen LogP contribution >= 0.6 is 0 Å². The fourth-order valence-electron chi connectivity index (χ4n) is 2.62. The monoisotopic (exact) mass is 139 g/mol. The molecule has 0 radical (unpaired) electrons. The Morgan fingerprint density at radius 1 is 0.800 bits per heavy atom. The molecular formula is C10H18. The van der Waals surface area contributed by atoms with Crippen LogP contribution in [0.1, 0.15) is 52.7 Å². The average Bonchev–Trinajstić information content (AvgIpc) is 2.06. The first kappa shape index (κ1) is 5.62. The van der Waals surface area contributed by atoms with Crippen molar-refractivity contribution in [3.8, 4) is 0 Å². The largest absolute Gasteiger partial charge is 0.0530 e. The van der Waals surface area contributed by atoms with Crippen LogP contribution in [0, 0.1) is 11.8 Å².